The van der Waals surface area contributed by atoms with E-state index in [-0.39, 0.29) is 12.2 Å². The van der Waals surface area contributed by atoms with Crippen molar-refractivity contribution in [3.63, 3.8) is 0 Å². The zero-order valence-corrected chi connectivity index (χ0v) is 26.3. The predicted molar refractivity (Wildman–Crippen MR) is 163 cm³/mol. The van der Waals surface area contributed by atoms with Gasteiger partial charge in [-0.2, -0.15) is 0 Å². The summed E-state index contributed by atoms with van der Waals surface area (Å²) in [6, 6.07) is -0.828. The van der Waals surface area contributed by atoms with E-state index in [0.29, 0.717) is 13.0 Å². The largest absolute Gasteiger partial charge is 0.471 e. The minimum absolute atomic E-state index is 0.0988. The molecule has 3 N–H and O–H groups in total. The lowest BCUT2D eigenvalue weighted by Crippen LogP contribution is -2.65. The fourth-order valence-electron chi connectivity index (χ4n) is 5.29. The first kappa shape index (κ1) is 37.5. The average molecular weight is 584 g/mol. The summed E-state index contributed by atoms with van der Waals surface area (Å²) in [6.45, 7) is 6.22. The summed E-state index contributed by atoms with van der Waals surface area (Å²) < 4.78 is 17.5. The van der Waals surface area contributed by atoms with Crippen LogP contribution in [0.4, 0.5) is 0 Å². The van der Waals surface area contributed by atoms with Crippen LogP contribution in [0.25, 0.3) is 0 Å². The Kier molecular flexibility index (Phi) is 22.9. The van der Waals surface area contributed by atoms with Gasteiger partial charge in [0.15, 0.2) is 0 Å². The van der Waals surface area contributed by atoms with Gasteiger partial charge in [-0.15, -0.1) is 0 Å². The molecule has 0 spiro atoms. The summed E-state index contributed by atoms with van der Waals surface area (Å²) in [5, 5.41) is 23.5. The van der Waals surface area contributed by atoms with Gasteiger partial charge in [-0.3, -0.25) is 9.59 Å². The molecule has 1 saturated heterocycles. The second-order valence-corrected chi connectivity index (χ2v) is 11.5. The second-order valence-electron chi connectivity index (χ2n) is 11.5. The molecule has 1 fully saturated rings. The van der Waals surface area contributed by atoms with Gasteiger partial charge in [0.25, 0.3) is 0 Å². The third kappa shape index (κ3) is 17.3. The summed E-state index contributed by atoms with van der Waals surface area (Å²) in [6.07, 6.45) is 19.2. The molecule has 0 aromatic heterocycles. The van der Waals surface area contributed by atoms with E-state index in [1.165, 1.54) is 76.9 Å². The van der Waals surface area contributed by atoms with Gasteiger partial charge >= 0.3 is 0 Å². The van der Waals surface area contributed by atoms with Crippen LogP contribution in [-0.4, -0.2) is 65.8 Å². The summed E-state index contributed by atoms with van der Waals surface area (Å²) >= 11 is 0. The Morgan fingerprint density at radius 3 is 1.90 bits per heavy atom. The standard InChI is InChI=1S/C33H61NO7/c1-4-7-9-11-13-15-16-18-20-22-27(36)25-29(37)34-30-32(39-24-21-19-17-14-12-10-8-5-2)31(38)28(26-35)41-33(30)40-23-6-3/h6,23,28,30-33,35,38H,4-5,7-22,24-26H2,1-3H3,(H,34,37)/t28-,30?,31-,32-,33?/m1/s1. The van der Waals surface area contributed by atoms with Crippen molar-refractivity contribution < 1.29 is 34.0 Å². The number of allylic oxidation sites excluding steroid dienone is 1. The second kappa shape index (κ2) is 25.1. The maximum atomic E-state index is 12.9. The Labute approximate surface area is 250 Å². The lowest BCUT2D eigenvalue weighted by atomic mass is 9.96. The molecule has 0 aliphatic carbocycles. The van der Waals surface area contributed by atoms with Crippen LogP contribution in [0.5, 0.6) is 0 Å². The molecule has 0 aromatic rings. The third-order valence-corrected chi connectivity index (χ3v) is 7.76. The first-order chi connectivity index (χ1) is 20.0. The number of nitrogens with one attached hydrogen (secondary N) is 1. The normalized spacial score (nSPS) is 22.7. The Morgan fingerprint density at radius 1 is 0.829 bits per heavy atom. The monoisotopic (exact) mass is 583 g/mol. The average Bonchev–Trinajstić information content (AvgIpc) is 2.96. The number of hydrogen-bond acceptors (Lipinski definition) is 7. The van der Waals surface area contributed by atoms with Crippen molar-refractivity contribution in [2.45, 2.75) is 173 Å². The third-order valence-electron chi connectivity index (χ3n) is 7.76. The fraction of sp³-hybridized carbons (Fsp3) is 0.879. The van der Waals surface area contributed by atoms with E-state index in [4.69, 9.17) is 14.2 Å². The first-order valence-corrected chi connectivity index (χ1v) is 16.6. The molecule has 1 rings (SSSR count). The molecule has 41 heavy (non-hydrogen) atoms. The van der Waals surface area contributed by atoms with Gasteiger partial charge in [-0.25, -0.2) is 0 Å². The number of unbranched alkanes of at least 4 members (excludes halogenated alkanes) is 15. The topological polar surface area (TPSA) is 114 Å². The molecule has 0 saturated carbocycles. The molecule has 1 heterocycles. The summed E-state index contributed by atoms with van der Waals surface area (Å²) in [5.74, 6) is -0.540. The highest BCUT2D eigenvalue weighted by molar-refractivity contribution is 5.98. The number of ketones is 1. The maximum Gasteiger partial charge on any atom is 0.227 e. The fourth-order valence-corrected chi connectivity index (χ4v) is 5.29. The van der Waals surface area contributed by atoms with Crippen LogP contribution in [-0.2, 0) is 23.8 Å². The van der Waals surface area contributed by atoms with E-state index >= 15 is 0 Å². The highest BCUT2D eigenvalue weighted by Gasteiger charge is 2.47. The Balaban J connectivity index is 2.56. The Morgan fingerprint density at radius 2 is 1.37 bits per heavy atom. The van der Waals surface area contributed by atoms with E-state index in [2.05, 4.69) is 19.2 Å². The molecule has 0 radical (unpaired) electrons. The minimum Gasteiger partial charge on any atom is -0.471 e. The summed E-state index contributed by atoms with van der Waals surface area (Å²) in [4.78, 5) is 25.4. The predicted octanol–water partition coefficient (Wildman–Crippen LogP) is 6.51. The van der Waals surface area contributed by atoms with Crippen molar-refractivity contribution in [1.82, 2.24) is 5.32 Å². The number of carbonyl (C=O) groups is 2. The number of Topliss-reactive ketones (excluding diaryl/α,β-unsaturated/α-hetero) is 1. The van der Waals surface area contributed by atoms with Crippen molar-refractivity contribution in [3.05, 3.63) is 12.3 Å². The van der Waals surface area contributed by atoms with E-state index in [9.17, 15) is 19.8 Å². The lowest BCUT2D eigenvalue weighted by molar-refractivity contribution is -0.263. The molecule has 1 aliphatic heterocycles. The number of rotatable bonds is 26. The molecule has 240 valence electrons. The van der Waals surface area contributed by atoms with Gasteiger partial charge in [-0.05, 0) is 19.8 Å². The van der Waals surface area contributed by atoms with Crippen molar-refractivity contribution in [3.8, 4) is 0 Å². The van der Waals surface area contributed by atoms with Crippen LogP contribution in [0.15, 0.2) is 12.3 Å². The van der Waals surface area contributed by atoms with Crippen LogP contribution < -0.4 is 5.32 Å². The number of carbonyl (C=O) groups excluding carboxylic acids is 2. The number of aliphatic hydroxyl groups excluding tert-OH is 2. The zero-order valence-electron chi connectivity index (χ0n) is 26.3. The van der Waals surface area contributed by atoms with Gasteiger partial charge in [0.05, 0.1) is 19.3 Å². The quantitative estimate of drug-likeness (QED) is 0.0604. The molecule has 1 aliphatic rings. The molecule has 0 bridgehead atoms. The highest BCUT2D eigenvalue weighted by atomic mass is 16.7. The van der Waals surface area contributed by atoms with Crippen molar-refractivity contribution in [1.29, 1.82) is 0 Å². The van der Waals surface area contributed by atoms with Gasteiger partial charge < -0.3 is 29.7 Å². The molecular weight excluding hydrogens is 522 g/mol. The Bertz CT molecular complexity index is 686. The van der Waals surface area contributed by atoms with Crippen LogP contribution in [0.1, 0.15) is 143 Å². The number of hydrogen-bond donors (Lipinski definition) is 3. The molecule has 5 atom stereocenters. The number of aliphatic hydroxyl groups is 2. The number of ether oxygens (including phenoxy) is 3. The van der Waals surface area contributed by atoms with Crippen molar-refractivity contribution >= 4 is 11.7 Å². The van der Waals surface area contributed by atoms with Gasteiger partial charge in [-0.1, -0.05) is 116 Å². The first-order valence-electron chi connectivity index (χ1n) is 16.6. The van der Waals surface area contributed by atoms with Crippen LogP contribution >= 0.6 is 0 Å². The van der Waals surface area contributed by atoms with E-state index < -0.39 is 43.2 Å². The van der Waals surface area contributed by atoms with Gasteiger partial charge in [0.1, 0.15) is 30.1 Å². The van der Waals surface area contributed by atoms with Crippen LogP contribution in [0.3, 0.4) is 0 Å². The number of amides is 1. The highest BCUT2D eigenvalue weighted by Crippen LogP contribution is 2.25. The van der Waals surface area contributed by atoms with Gasteiger partial charge in [0.2, 0.25) is 12.2 Å². The van der Waals surface area contributed by atoms with Gasteiger partial charge in [0, 0.05) is 13.0 Å². The summed E-state index contributed by atoms with van der Waals surface area (Å²) in [7, 11) is 0. The van der Waals surface area contributed by atoms with Crippen molar-refractivity contribution in [2.24, 2.45) is 0 Å². The lowest BCUT2D eigenvalue weighted by Gasteiger charge is -2.43. The molecule has 8 heteroatoms. The van der Waals surface area contributed by atoms with E-state index in [1.807, 2.05) is 0 Å². The van der Waals surface area contributed by atoms with Crippen LogP contribution in [0.2, 0.25) is 0 Å². The zero-order chi connectivity index (χ0) is 30.1. The van der Waals surface area contributed by atoms with E-state index in [0.717, 1.165) is 38.5 Å². The smallest absolute Gasteiger partial charge is 0.227 e. The van der Waals surface area contributed by atoms with E-state index in [1.54, 1.807) is 13.0 Å². The summed E-state index contributed by atoms with van der Waals surface area (Å²) in [5.41, 5.74) is 0. The minimum atomic E-state index is -1.15. The van der Waals surface area contributed by atoms with Crippen LogP contribution in [0, 0.1) is 0 Å². The maximum absolute atomic E-state index is 12.9. The molecule has 8 nitrogen and oxygen atoms in total. The molecule has 1 amide bonds. The molecule has 2 unspecified atom stereocenters. The Hall–Kier alpha value is -1.48. The molecule has 0 aromatic carbocycles. The SMILES string of the molecule is CC=COC1O[C@H](CO)[C@@H](O)[C@H](OCCCCCCCCCC)C1NC(=O)CC(=O)CCCCCCCCCCC. The molecular formula is C33H61NO7. The van der Waals surface area contributed by atoms with Crippen molar-refractivity contribution in [2.75, 3.05) is 13.2 Å².